The molecule has 1 heterocycles. The zero-order valence-corrected chi connectivity index (χ0v) is 8.96. The second kappa shape index (κ2) is 3.75. The predicted octanol–water partition coefficient (Wildman–Crippen LogP) is 1.67. The van der Waals surface area contributed by atoms with Gasteiger partial charge in [0, 0.05) is 18.6 Å². The van der Waals surface area contributed by atoms with Gasteiger partial charge in [-0.3, -0.25) is 10.2 Å². The van der Waals surface area contributed by atoms with Gasteiger partial charge in [-0.1, -0.05) is 13.8 Å². The van der Waals surface area contributed by atoms with Gasteiger partial charge in [0.2, 0.25) is 0 Å². The Balaban J connectivity index is 2.59. The van der Waals surface area contributed by atoms with Crippen LogP contribution in [0.5, 0.6) is 0 Å². The zero-order chi connectivity index (χ0) is 9.30. The van der Waals surface area contributed by atoms with Gasteiger partial charge in [0.25, 0.3) is 0 Å². The van der Waals surface area contributed by atoms with Crippen molar-refractivity contribution in [2.24, 2.45) is 5.92 Å². The smallest absolute Gasteiger partial charge is 0.0626 e. The van der Waals surface area contributed by atoms with Gasteiger partial charge in [0.05, 0.1) is 6.17 Å². The van der Waals surface area contributed by atoms with E-state index >= 15 is 0 Å². The van der Waals surface area contributed by atoms with Crippen LogP contribution in [0.25, 0.3) is 0 Å². The SMILES string of the molecule is CC(C)C1N[C@@H](C)CN1C(C)C. The maximum Gasteiger partial charge on any atom is 0.0626 e. The summed E-state index contributed by atoms with van der Waals surface area (Å²) in [6, 6.07) is 1.31. The minimum Gasteiger partial charge on any atom is -0.298 e. The van der Waals surface area contributed by atoms with Crippen molar-refractivity contribution in [3.05, 3.63) is 0 Å². The molecule has 2 nitrogen and oxygen atoms in total. The highest BCUT2D eigenvalue weighted by Gasteiger charge is 2.31. The van der Waals surface area contributed by atoms with Crippen LogP contribution in [0.15, 0.2) is 0 Å². The van der Waals surface area contributed by atoms with Gasteiger partial charge in [-0.2, -0.15) is 0 Å². The fourth-order valence-electron chi connectivity index (χ4n) is 1.98. The van der Waals surface area contributed by atoms with Gasteiger partial charge in [-0.05, 0) is 26.7 Å². The number of nitrogens with one attached hydrogen (secondary N) is 1. The van der Waals surface area contributed by atoms with Crippen LogP contribution in [-0.4, -0.2) is 29.7 Å². The van der Waals surface area contributed by atoms with Crippen LogP contribution in [-0.2, 0) is 0 Å². The Bertz CT molecular complexity index is 127. The predicted molar refractivity (Wildman–Crippen MR) is 53.1 cm³/mol. The summed E-state index contributed by atoms with van der Waals surface area (Å²) in [4.78, 5) is 2.55. The van der Waals surface area contributed by atoms with E-state index in [2.05, 4.69) is 44.8 Å². The molecule has 12 heavy (non-hydrogen) atoms. The first-order valence-electron chi connectivity index (χ1n) is 5.04. The van der Waals surface area contributed by atoms with Gasteiger partial charge >= 0.3 is 0 Å². The van der Waals surface area contributed by atoms with Gasteiger partial charge in [0.1, 0.15) is 0 Å². The van der Waals surface area contributed by atoms with E-state index < -0.39 is 0 Å². The number of hydrogen-bond donors (Lipinski definition) is 1. The molecular weight excluding hydrogens is 148 g/mol. The molecule has 0 radical (unpaired) electrons. The summed E-state index contributed by atoms with van der Waals surface area (Å²) in [6.07, 6.45) is 0.583. The highest BCUT2D eigenvalue weighted by Crippen LogP contribution is 2.18. The van der Waals surface area contributed by atoms with E-state index in [1.54, 1.807) is 0 Å². The summed E-state index contributed by atoms with van der Waals surface area (Å²) in [5.74, 6) is 0.706. The van der Waals surface area contributed by atoms with Crippen molar-refractivity contribution < 1.29 is 0 Å². The first-order chi connectivity index (χ1) is 5.52. The molecule has 1 fully saturated rings. The molecule has 0 aromatic carbocycles. The normalized spacial score (nSPS) is 32.2. The van der Waals surface area contributed by atoms with Crippen molar-refractivity contribution >= 4 is 0 Å². The third-order valence-electron chi connectivity index (χ3n) is 2.59. The van der Waals surface area contributed by atoms with Crippen LogP contribution in [0, 0.1) is 5.92 Å². The molecule has 1 rings (SSSR count). The Kier molecular flexibility index (Phi) is 3.13. The van der Waals surface area contributed by atoms with Crippen LogP contribution in [0.3, 0.4) is 0 Å². The van der Waals surface area contributed by atoms with E-state index in [4.69, 9.17) is 0 Å². The number of hydrogen-bond acceptors (Lipinski definition) is 2. The van der Waals surface area contributed by atoms with E-state index in [0.717, 1.165) is 0 Å². The lowest BCUT2D eigenvalue weighted by atomic mass is 10.1. The molecule has 0 aromatic heterocycles. The minimum absolute atomic E-state index is 0.583. The van der Waals surface area contributed by atoms with Crippen LogP contribution in [0.4, 0.5) is 0 Å². The third kappa shape index (κ3) is 1.99. The topological polar surface area (TPSA) is 15.3 Å². The summed E-state index contributed by atoms with van der Waals surface area (Å²) in [7, 11) is 0. The molecule has 0 saturated carbocycles. The second-order valence-electron chi connectivity index (χ2n) is 4.55. The van der Waals surface area contributed by atoms with Crippen molar-refractivity contribution in [1.29, 1.82) is 0 Å². The van der Waals surface area contributed by atoms with Crippen molar-refractivity contribution in [2.45, 2.75) is 52.9 Å². The maximum absolute atomic E-state index is 3.61. The van der Waals surface area contributed by atoms with Crippen LogP contribution < -0.4 is 5.32 Å². The summed E-state index contributed by atoms with van der Waals surface area (Å²) in [5.41, 5.74) is 0. The molecular formula is C10H22N2. The van der Waals surface area contributed by atoms with E-state index in [1.165, 1.54) is 6.54 Å². The molecule has 1 N–H and O–H groups in total. The fourth-order valence-corrected chi connectivity index (χ4v) is 1.98. The lowest BCUT2D eigenvalue weighted by molar-refractivity contribution is 0.154. The lowest BCUT2D eigenvalue weighted by Crippen LogP contribution is -2.43. The maximum atomic E-state index is 3.61. The molecule has 0 aliphatic carbocycles. The Morgan fingerprint density at radius 3 is 2.17 bits per heavy atom. The average Bonchev–Trinajstić information content (AvgIpc) is 2.31. The summed E-state index contributed by atoms with van der Waals surface area (Å²) in [6.45, 7) is 12.6. The summed E-state index contributed by atoms with van der Waals surface area (Å²) in [5, 5.41) is 3.61. The standard InChI is InChI=1S/C10H22N2/c1-7(2)10-11-9(5)6-12(10)8(3)4/h7-11H,6H2,1-5H3/t9-,10?/m0/s1. The first kappa shape index (κ1) is 10.0. The molecule has 2 heteroatoms. The Labute approximate surface area is 76.3 Å². The Morgan fingerprint density at radius 2 is 1.83 bits per heavy atom. The molecule has 0 aromatic rings. The molecule has 0 bridgehead atoms. The monoisotopic (exact) mass is 170 g/mol. The quantitative estimate of drug-likeness (QED) is 0.678. The van der Waals surface area contributed by atoms with E-state index in [-0.39, 0.29) is 0 Å². The van der Waals surface area contributed by atoms with Gasteiger partial charge in [-0.25, -0.2) is 0 Å². The van der Waals surface area contributed by atoms with Crippen molar-refractivity contribution in [3.8, 4) is 0 Å². The van der Waals surface area contributed by atoms with E-state index in [0.29, 0.717) is 24.2 Å². The molecule has 1 aliphatic heterocycles. The van der Waals surface area contributed by atoms with Crippen molar-refractivity contribution in [2.75, 3.05) is 6.54 Å². The summed E-state index contributed by atoms with van der Waals surface area (Å²) >= 11 is 0. The third-order valence-corrected chi connectivity index (χ3v) is 2.59. The molecule has 1 unspecified atom stereocenters. The van der Waals surface area contributed by atoms with Gasteiger partial charge in [-0.15, -0.1) is 0 Å². The van der Waals surface area contributed by atoms with Crippen LogP contribution in [0.1, 0.15) is 34.6 Å². The van der Waals surface area contributed by atoms with E-state index in [9.17, 15) is 0 Å². The average molecular weight is 170 g/mol. The Morgan fingerprint density at radius 1 is 1.25 bits per heavy atom. The van der Waals surface area contributed by atoms with Gasteiger partial charge in [0.15, 0.2) is 0 Å². The van der Waals surface area contributed by atoms with Crippen LogP contribution >= 0.6 is 0 Å². The van der Waals surface area contributed by atoms with Crippen molar-refractivity contribution in [3.63, 3.8) is 0 Å². The molecule has 2 atom stereocenters. The fraction of sp³-hybridized carbons (Fsp3) is 1.00. The number of nitrogens with zero attached hydrogens (tertiary/aromatic N) is 1. The van der Waals surface area contributed by atoms with Crippen LogP contribution in [0.2, 0.25) is 0 Å². The molecule has 1 aliphatic rings. The molecule has 1 saturated heterocycles. The second-order valence-corrected chi connectivity index (χ2v) is 4.55. The summed E-state index contributed by atoms with van der Waals surface area (Å²) < 4.78 is 0. The van der Waals surface area contributed by atoms with E-state index in [1.807, 2.05) is 0 Å². The highest BCUT2D eigenvalue weighted by atomic mass is 15.4. The largest absolute Gasteiger partial charge is 0.298 e. The lowest BCUT2D eigenvalue weighted by Gasteiger charge is -2.30. The zero-order valence-electron chi connectivity index (χ0n) is 8.96. The first-order valence-corrected chi connectivity index (χ1v) is 5.04. The molecule has 72 valence electrons. The molecule has 0 amide bonds. The van der Waals surface area contributed by atoms with Crippen molar-refractivity contribution in [1.82, 2.24) is 10.2 Å². The highest BCUT2D eigenvalue weighted by molar-refractivity contribution is 4.87. The Hall–Kier alpha value is -0.0800. The molecule has 0 spiro atoms. The minimum atomic E-state index is 0.583. The number of rotatable bonds is 2. The van der Waals surface area contributed by atoms with Gasteiger partial charge < -0.3 is 0 Å².